The predicted molar refractivity (Wildman–Crippen MR) is 134 cm³/mol. The van der Waals surface area contributed by atoms with Crippen LogP contribution in [0, 0.1) is 20.2 Å². The van der Waals surface area contributed by atoms with Gasteiger partial charge in [-0.2, -0.15) is 0 Å². The predicted octanol–water partition coefficient (Wildman–Crippen LogP) is -2.08. The lowest BCUT2D eigenvalue weighted by molar-refractivity contribution is -0.597. The lowest BCUT2D eigenvalue weighted by atomic mass is 10.0. The van der Waals surface area contributed by atoms with Gasteiger partial charge in [0.2, 0.25) is 0 Å². The molecule has 0 atom stereocenters. The third-order valence-electron chi connectivity index (χ3n) is 4.78. The van der Waals surface area contributed by atoms with E-state index in [-0.39, 0.29) is 48.8 Å². The third-order valence-corrected chi connectivity index (χ3v) is 10.2. The van der Waals surface area contributed by atoms with E-state index in [1.165, 1.54) is 14.3 Å². The Kier molecular flexibility index (Phi) is 15.3. The van der Waals surface area contributed by atoms with Gasteiger partial charge < -0.3 is 19.8 Å². The quantitative estimate of drug-likeness (QED) is 0.147. The number of benzene rings is 4. The van der Waals surface area contributed by atoms with Crippen molar-refractivity contribution in [3.8, 4) is 0 Å². The number of aliphatic carboxylic acids is 2. The van der Waals surface area contributed by atoms with Crippen LogP contribution in [0.5, 0.6) is 0 Å². The van der Waals surface area contributed by atoms with Crippen LogP contribution in [-0.4, -0.2) is 11.9 Å². The van der Waals surface area contributed by atoms with Crippen molar-refractivity contribution < 1.29 is 62.2 Å². The molecule has 4 rings (SSSR count). The van der Waals surface area contributed by atoms with Gasteiger partial charge in [0.1, 0.15) is 0 Å². The van der Waals surface area contributed by atoms with E-state index < -0.39 is 17.9 Å². The first-order valence-electron chi connectivity index (χ1n) is 11.9. The van der Waals surface area contributed by atoms with Crippen molar-refractivity contribution in [1.29, 1.82) is 0 Å². The highest BCUT2D eigenvalue weighted by Gasteiger charge is 2.13. The molecule has 0 saturated heterocycles. The molecular formula is C31H30I2O4. The number of halogens is 2. The molecule has 4 nitrogen and oxygen atoms in total. The van der Waals surface area contributed by atoms with Crippen LogP contribution in [0.15, 0.2) is 121 Å². The van der Waals surface area contributed by atoms with Crippen LogP contribution in [0.1, 0.15) is 26.2 Å². The molecule has 0 fully saturated rings. The Morgan fingerprint density at radius 1 is 0.568 bits per heavy atom. The lowest BCUT2D eigenvalue weighted by Gasteiger charge is -2.17. The summed E-state index contributed by atoms with van der Waals surface area (Å²) in [5.41, 5.74) is 0. The van der Waals surface area contributed by atoms with Gasteiger partial charge >= 0.3 is 42.4 Å². The van der Waals surface area contributed by atoms with E-state index in [9.17, 15) is 19.8 Å². The topological polar surface area (TPSA) is 80.3 Å². The van der Waals surface area contributed by atoms with Crippen molar-refractivity contribution in [2.45, 2.75) is 26.2 Å². The molecule has 0 unspecified atom stereocenters. The summed E-state index contributed by atoms with van der Waals surface area (Å²) in [7, 11) is 0. The molecule has 0 bridgehead atoms. The summed E-state index contributed by atoms with van der Waals surface area (Å²) in [5, 5.41) is 20.2. The van der Waals surface area contributed by atoms with Crippen LogP contribution in [-0.2, 0) is 9.59 Å². The maximum absolute atomic E-state index is 10.1. The molecular weight excluding hydrogens is 690 g/mol. The monoisotopic (exact) mass is 720 g/mol. The average Bonchev–Trinajstić information content (AvgIpc) is 2.92. The van der Waals surface area contributed by atoms with Gasteiger partial charge in [0, 0.05) is 5.92 Å². The minimum Gasteiger partial charge on any atom is -0.549 e. The first kappa shape index (κ1) is 30.5. The molecule has 0 N–H and O–H groups in total. The molecule has 0 aliphatic rings. The minimum atomic E-state index is -1.56. The smallest absolute Gasteiger partial charge is 0.357 e. The van der Waals surface area contributed by atoms with Crippen molar-refractivity contribution in [1.82, 2.24) is 0 Å². The Hall–Kier alpha value is -2.72. The van der Waals surface area contributed by atoms with Gasteiger partial charge in [-0.1, -0.05) is 92.6 Å². The van der Waals surface area contributed by atoms with E-state index in [4.69, 9.17) is 0 Å². The summed E-state index contributed by atoms with van der Waals surface area (Å²) in [6.45, 7) is 1.85. The molecule has 0 aliphatic heterocycles. The molecule has 37 heavy (non-hydrogen) atoms. The molecule has 192 valence electrons. The van der Waals surface area contributed by atoms with Crippen molar-refractivity contribution in [3.63, 3.8) is 0 Å². The average molecular weight is 720 g/mol. The second kappa shape index (κ2) is 18.5. The molecule has 4 aromatic rings. The largest absolute Gasteiger partial charge is 0.549 e. The molecule has 4 aromatic carbocycles. The number of hydrogen-bond donors (Lipinski definition) is 0. The first-order valence-corrected chi connectivity index (χ1v) is 16.2. The molecule has 6 heteroatoms. The fourth-order valence-electron chi connectivity index (χ4n) is 2.90. The molecule has 0 aliphatic carbocycles. The van der Waals surface area contributed by atoms with Crippen molar-refractivity contribution in [2.24, 2.45) is 5.92 Å². The summed E-state index contributed by atoms with van der Waals surface area (Å²) in [5.74, 6) is -4.56. The highest BCUT2D eigenvalue weighted by molar-refractivity contribution is 5.90. The summed E-state index contributed by atoms with van der Waals surface area (Å²) >= 11 is 0.0574. The highest BCUT2D eigenvalue weighted by atomic mass is 127. The normalized spacial score (nSPS) is 9.89. The van der Waals surface area contributed by atoms with Crippen LogP contribution >= 0.6 is 0 Å². The zero-order valence-corrected chi connectivity index (χ0v) is 24.9. The molecule has 0 spiro atoms. The first-order chi connectivity index (χ1) is 18.0. The number of unbranched alkanes of at least 4 members (excludes halogenated alkanes) is 1. The summed E-state index contributed by atoms with van der Waals surface area (Å²) in [6, 6.07) is 42.8. The van der Waals surface area contributed by atoms with Crippen LogP contribution in [0.4, 0.5) is 0 Å². The molecule has 0 saturated carbocycles. The Morgan fingerprint density at radius 2 is 0.838 bits per heavy atom. The van der Waals surface area contributed by atoms with Gasteiger partial charge in [0.05, 0.1) is 11.9 Å². The Bertz CT molecular complexity index is 989. The minimum absolute atomic E-state index is 0.0287. The molecule has 0 heterocycles. The van der Waals surface area contributed by atoms with Gasteiger partial charge in [0.15, 0.2) is 14.3 Å². The van der Waals surface area contributed by atoms with Crippen molar-refractivity contribution >= 4 is 11.9 Å². The maximum Gasteiger partial charge on any atom is 0.357 e. The number of carbonyl (C=O) groups excluding carboxylic acids is 2. The van der Waals surface area contributed by atoms with Gasteiger partial charge in [-0.25, -0.2) is 0 Å². The molecule has 0 radical (unpaired) electrons. The number of carbonyl (C=O) groups is 2. The van der Waals surface area contributed by atoms with Gasteiger partial charge in [-0.05, 0) is 55.0 Å². The van der Waals surface area contributed by atoms with Crippen LogP contribution in [0.25, 0.3) is 0 Å². The van der Waals surface area contributed by atoms with E-state index in [2.05, 4.69) is 121 Å². The highest BCUT2D eigenvalue weighted by Crippen LogP contribution is 2.06. The Labute approximate surface area is 240 Å². The number of carboxylic acids is 2. The van der Waals surface area contributed by atoms with Gasteiger partial charge in [-0.15, -0.1) is 0 Å². The third kappa shape index (κ3) is 13.4. The van der Waals surface area contributed by atoms with Crippen LogP contribution in [0.3, 0.4) is 0 Å². The van der Waals surface area contributed by atoms with Crippen molar-refractivity contribution in [2.75, 3.05) is 0 Å². The standard InChI is InChI=1S/2C12H10I.C7H12O4/c2*1-3-7-11(8-4-1)13-12-9-5-2-6-10-12;1-2-3-4-5(6(8)9)7(10)11/h2*1-10H;5H,2-4H2,1H3,(H,8,9)(H,10,11)/q2*+1;/p-2. The summed E-state index contributed by atoms with van der Waals surface area (Å²) in [6.07, 6.45) is 1.42. The summed E-state index contributed by atoms with van der Waals surface area (Å²) in [4.78, 5) is 20.2. The van der Waals surface area contributed by atoms with Gasteiger partial charge in [-0.3, -0.25) is 0 Å². The van der Waals surface area contributed by atoms with E-state index in [0.29, 0.717) is 6.42 Å². The van der Waals surface area contributed by atoms with E-state index in [0.717, 1.165) is 6.42 Å². The number of carboxylic acid groups (broad SMARTS) is 2. The van der Waals surface area contributed by atoms with E-state index in [1.54, 1.807) is 0 Å². The van der Waals surface area contributed by atoms with E-state index in [1.807, 2.05) is 6.92 Å². The van der Waals surface area contributed by atoms with Crippen LogP contribution < -0.4 is 52.6 Å². The van der Waals surface area contributed by atoms with Gasteiger partial charge in [0.25, 0.3) is 0 Å². The number of rotatable bonds is 9. The van der Waals surface area contributed by atoms with Crippen molar-refractivity contribution in [3.05, 3.63) is 136 Å². The second-order valence-electron chi connectivity index (χ2n) is 7.70. The zero-order chi connectivity index (χ0) is 26.7. The summed E-state index contributed by atoms with van der Waals surface area (Å²) < 4.78 is 5.92. The number of hydrogen-bond acceptors (Lipinski definition) is 4. The Morgan fingerprint density at radius 3 is 1.05 bits per heavy atom. The molecule has 0 amide bonds. The maximum atomic E-state index is 10.1. The SMILES string of the molecule is CCCCC(C(=O)[O-])C(=O)[O-].c1ccc([I+]c2ccccc2)cc1.c1ccc([I+]c2ccccc2)cc1. The lowest BCUT2D eigenvalue weighted by Crippen LogP contribution is -3.61. The second-order valence-corrected chi connectivity index (χ2v) is 13.8. The fraction of sp³-hybridized carbons (Fsp3) is 0.161. The molecule has 0 aromatic heterocycles. The van der Waals surface area contributed by atoms with E-state index >= 15 is 0 Å². The zero-order valence-electron chi connectivity index (χ0n) is 20.6. The fourth-order valence-corrected chi connectivity index (χ4v) is 7.44. The Balaban J connectivity index is 0.000000196. The van der Waals surface area contributed by atoms with Crippen LogP contribution in [0.2, 0.25) is 0 Å².